The van der Waals surface area contributed by atoms with Crippen molar-refractivity contribution < 1.29 is 4.39 Å². The third kappa shape index (κ3) is 2.55. The third-order valence-electron chi connectivity index (χ3n) is 2.97. The summed E-state index contributed by atoms with van der Waals surface area (Å²) < 4.78 is 13.2. The summed E-state index contributed by atoms with van der Waals surface area (Å²) in [4.78, 5) is 3.86. The molecule has 0 amide bonds. The molecule has 18 heavy (non-hydrogen) atoms. The van der Waals surface area contributed by atoms with Crippen molar-refractivity contribution in [2.45, 2.75) is 19.9 Å². The monoisotopic (exact) mass is 245 g/mol. The van der Waals surface area contributed by atoms with E-state index in [0.717, 1.165) is 16.7 Å². The van der Waals surface area contributed by atoms with Gasteiger partial charge in [-0.25, -0.2) is 9.82 Å². The SMILES string of the molecule is Cc1ccc(C)c(C(NN)c2cncc(F)c2)c1. The van der Waals surface area contributed by atoms with Gasteiger partial charge in [0, 0.05) is 6.20 Å². The Morgan fingerprint density at radius 2 is 2.00 bits per heavy atom. The molecule has 4 heteroatoms. The van der Waals surface area contributed by atoms with Crippen LogP contribution in [0.25, 0.3) is 0 Å². The number of halogens is 1. The van der Waals surface area contributed by atoms with E-state index in [1.54, 1.807) is 6.20 Å². The first kappa shape index (κ1) is 12.7. The number of rotatable bonds is 3. The minimum Gasteiger partial charge on any atom is -0.271 e. The van der Waals surface area contributed by atoms with Crippen LogP contribution in [0.15, 0.2) is 36.7 Å². The number of aryl methyl sites for hydroxylation is 2. The van der Waals surface area contributed by atoms with Crippen LogP contribution in [-0.4, -0.2) is 4.98 Å². The highest BCUT2D eigenvalue weighted by Gasteiger charge is 2.15. The lowest BCUT2D eigenvalue weighted by molar-refractivity contribution is 0.596. The highest BCUT2D eigenvalue weighted by molar-refractivity contribution is 5.38. The highest BCUT2D eigenvalue weighted by atomic mass is 19.1. The molecule has 1 atom stereocenters. The van der Waals surface area contributed by atoms with Gasteiger partial charge in [0.1, 0.15) is 5.82 Å². The molecule has 0 bridgehead atoms. The second-order valence-corrected chi connectivity index (χ2v) is 4.40. The summed E-state index contributed by atoms with van der Waals surface area (Å²) in [7, 11) is 0. The van der Waals surface area contributed by atoms with Crippen molar-refractivity contribution in [3.05, 3.63) is 64.7 Å². The second kappa shape index (κ2) is 5.25. The van der Waals surface area contributed by atoms with Gasteiger partial charge in [-0.1, -0.05) is 23.8 Å². The standard InChI is InChI=1S/C14H16FN3/c1-9-3-4-10(2)13(5-9)14(18-16)11-6-12(15)8-17-7-11/h3-8,14,18H,16H2,1-2H3. The van der Waals surface area contributed by atoms with Crippen LogP contribution < -0.4 is 11.3 Å². The average Bonchev–Trinajstić information content (AvgIpc) is 2.35. The molecule has 94 valence electrons. The number of hydrogen-bond acceptors (Lipinski definition) is 3. The van der Waals surface area contributed by atoms with Crippen LogP contribution in [0.2, 0.25) is 0 Å². The van der Waals surface area contributed by atoms with E-state index in [1.165, 1.54) is 12.3 Å². The van der Waals surface area contributed by atoms with E-state index >= 15 is 0 Å². The van der Waals surface area contributed by atoms with Gasteiger partial charge in [-0.05, 0) is 36.6 Å². The molecule has 1 aromatic heterocycles. The van der Waals surface area contributed by atoms with E-state index in [-0.39, 0.29) is 11.9 Å². The summed E-state index contributed by atoms with van der Waals surface area (Å²) in [5.41, 5.74) is 6.71. The number of nitrogens with one attached hydrogen (secondary N) is 1. The zero-order chi connectivity index (χ0) is 13.1. The molecule has 0 fully saturated rings. The second-order valence-electron chi connectivity index (χ2n) is 4.40. The Hall–Kier alpha value is -1.78. The van der Waals surface area contributed by atoms with Crippen molar-refractivity contribution >= 4 is 0 Å². The Labute approximate surface area is 106 Å². The summed E-state index contributed by atoms with van der Waals surface area (Å²) in [6.07, 6.45) is 2.80. The lowest BCUT2D eigenvalue weighted by Gasteiger charge is -2.19. The third-order valence-corrected chi connectivity index (χ3v) is 2.97. The molecule has 2 aromatic rings. The van der Waals surface area contributed by atoms with Gasteiger partial charge < -0.3 is 0 Å². The maximum atomic E-state index is 13.2. The number of pyridine rings is 1. The molecular weight excluding hydrogens is 229 g/mol. The average molecular weight is 245 g/mol. The zero-order valence-corrected chi connectivity index (χ0v) is 10.4. The Kier molecular flexibility index (Phi) is 3.69. The molecule has 0 aliphatic rings. The van der Waals surface area contributed by atoms with Crippen LogP contribution >= 0.6 is 0 Å². The van der Waals surface area contributed by atoms with Gasteiger partial charge >= 0.3 is 0 Å². The van der Waals surface area contributed by atoms with Gasteiger partial charge in [-0.2, -0.15) is 0 Å². The molecular formula is C14H16FN3. The van der Waals surface area contributed by atoms with Crippen LogP contribution in [0.4, 0.5) is 4.39 Å². The van der Waals surface area contributed by atoms with Crippen LogP contribution in [0.5, 0.6) is 0 Å². The van der Waals surface area contributed by atoms with Crippen LogP contribution in [0.3, 0.4) is 0 Å². The van der Waals surface area contributed by atoms with E-state index in [2.05, 4.69) is 10.4 Å². The zero-order valence-electron chi connectivity index (χ0n) is 10.4. The van der Waals surface area contributed by atoms with Crippen molar-refractivity contribution in [2.24, 2.45) is 5.84 Å². The fourth-order valence-corrected chi connectivity index (χ4v) is 2.02. The molecule has 0 saturated heterocycles. The topological polar surface area (TPSA) is 50.9 Å². The minimum absolute atomic E-state index is 0.256. The highest BCUT2D eigenvalue weighted by Crippen LogP contribution is 2.25. The van der Waals surface area contributed by atoms with Gasteiger partial charge in [0.2, 0.25) is 0 Å². The molecule has 3 N–H and O–H groups in total. The summed E-state index contributed by atoms with van der Waals surface area (Å²) in [5.74, 6) is 5.24. The summed E-state index contributed by atoms with van der Waals surface area (Å²) in [6.45, 7) is 4.02. The Bertz CT molecular complexity index is 554. The van der Waals surface area contributed by atoms with E-state index in [0.29, 0.717) is 5.56 Å². The number of nitrogens with two attached hydrogens (primary N) is 1. The summed E-state index contributed by atoms with van der Waals surface area (Å²) in [5, 5.41) is 0. The fraction of sp³-hybridized carbons (Fsp3) is 0.214. The Balaban J connectivity index is 2.48. The van der Waals surface area contributed by atoms with Crippen LogP contribution in [0.1, 0.15) is 28.3 Å². The molecule has 1 aromatic carbocycles. The first-order chi connectivity index (χ1) is 8.61. The van der Waals surface area contributed by atoms with Crippen molar-refractivity contribution in [1.82, 2.24) is 10.4 Å². The van der Waals surface area contributed by atoms with Gasteiger partial charge in [-0.15, -0.1) is 0 Å². The lowest BCUT2D eigenvalue weighted by Crippen LogP contribution is -2.29. The number of benzene rings is 1. The molecule has 1 unspecified atom stereocenters. The molecule has 0 saturated carbocycles. The van der Waals surface area contributed by atoms with E-state index in [9.17, 15) is 4.39 Å². The van der Waals surface area contributed by atoms with Gasteiger partial charge in [0.05, 0.1) is 12.2 Å². The Morgan fingerprint density at radius 3 is 2.67 bits per heavy atom. The number of hydrazine groups is 1. The van der Waals surface area contributed by atoms with E-state index in [4.69, 9.17) is 5.84 Å². The maximum absolute atomic E-state index is 13.2. The normalized spacial score (nSPS) is 12.4. The summed E-state index contributed by atoms with van der Waals surface area (Å²) in [6, 6.07) is 7.30. The van der Waals surface area contributed by atoms with Crippen molar-refractivity contribution in [3.8, 4) is 0 Å². The minimum atomic E-state index is -0.363. The van der Waals surface area contributed by atoms with Crippen molar-refractivity contribution in [3.63, 3.8) is 0 Å². The number of aromatic nitrogens is 1. The molecule has 0 radical (unpaired) electrons. The maximum Gasteiger partial charge on any atom is 0.141 e. The molecule has 0 aliphatic carbocycles. The van der Waals surface area contributed by atoms with Crippen molar-refractivity contribution in [1.29, 1.82) is 0 Å². The lowest BCUT2D eigenvalue weighted by atomic mass is 9.95. The van der Waals surface area contributed by atoms with E-state index < -0.39 is 0 Å². The number of hydrogen-bond donors (Lipinski definition) is 2. The van der Waals surface area contributed by atoms with Crippen molar-refractivity contribution in [2.75, 3.05) is 0 Å². The molecule has 0 spiro atoms. The number of nitrogens with zero attached hydrogens (tertiary/aromatic N) is 1. The van der Waals surface area contributed by atoms with Gasteiger partial charge in [0.25, 0.3) is 0 Å². The van der Waals surface area contributed by atoms with Gasteiger partial charge in [0.15, 0.2) is 0 Å². The first-order valence-corrected chi connectivity index (χ1v) is 5.75. The smallest absolute Gasteiger partial charge is 0.141 e. The summed E-state index contributed by atoms with van der Waals surface area (Å²) >= 11 is 0. The molecule has 3 nitrogen and oxygen atoms in total. The molecule has 2 rings (SSSR count). The van der Waals surface area contributed by atoms with Gasteiger partial charge in [-0.3, -0.25) is 10.8 Å². The quantitative estimate of drug-likeness (QED) is 0.645. The molecule has 0 aliphatic heterocycles. The largest absolute Gasteiger partial charge is 0.271 e. The van der Waals surface area contributed by atoms with Crippen LogP contribution in [0, 0.1) is 19.7 Å². The van der Waals surface area contributed by atoms with Crippen LogP contribution in [-0.2, 0) is 0 Å². The molecule has 1 heterocycles. The Morgan fingerprint density at radius 1 is 1.22 bits per heavy atom. The predicted molar refractivity (Wildman–Crippen MR) is 69.3 cm³/mol. The fourth-order valence-electron chi connectivity index (χ4n) is 2.02. The van der Waals surface area contributed by atoms with E-state index in [1.807, 2.05) is 32.0 Å². The first-order valence-electron chi connectivity index (χ1n) is 5.75. The predicted octanol–water partition coefficient (Wildman–Crippen LogP) is 2.39.